The molecule has 0 aromatic carbocycles. The fraction of sp³-hybridized carbons (Fsp3) is 0.600. The molecule has 5 heteroatoms. The summed E-state index contributed by atoms with van der Waals surface area (Å²) in [5, 5.41) is 3.30. The molecule has 0 saturated heterocycles. The predicted octanol–water partition coefficient (Wildman–Crippen LogP) is 2.69. The van der Waals surface area contributed by atoms with Gasteiger partial charge in [-0.3, -0.25) is 0 Å². The Kier molecular flexibility index (Phi) is 4.16. The van der Waals surface area contributed by atoms with Crippen LogP contribution in [0.5, 0.6) is 0 Å². The molecule has 1 aliphatic carbocycles. The molecule has 0 amide bonds. The van der Waals surface area contributed by atoms with Gasteiger partial charge in [-0.1, -0.05) is 13.8 Å². The number of hydrogen-bond donors (Lipinski definition) is 2. The number of esters is 1. The Bertz CT molecular complexity index is 496. The van der Waals surface area contributed by atoms with Gasteiger partial charge in [-0.05, 0) is 37.2 Å². The molecule has 1 aliphatic rings. The van der Waals surface area contributed by atoms with Crippen molar-refractivity contribution in [3.8, 4) is 0 Å². The highest BCUT2D eigenvalue weighted by Crippen LogP contribution is 2.51. The minimum Gasteiger partial charge on any atom is -0.462 e. The van der Waals surface area contributed by atoms with E-state index in [1.807, 2.05) is 0 Å². The lowest BCUT2D eigenvalue weighted by molar-refractivity contribution is 0.0527. The molecule has 1 heterocycles. The molecule has 3 N–H and O–H groups in total. The molecule has 0 aliphatic heterocycles. The minimum absolute atomic E-state index is 0.336. The van der Waals surface area contributed by atoms with Crippen molar-refractivity contribution in [2.75, 3.05) is 24.2 Å². The van der Waals surface area contributed by atoms with Crippen LogP contribution in [0.25, 0.3) is 0 Å². The molecule has 20 heavy (non-hydrogen) atoms. The van der Waals surface area contributed by atoms with Crippen molar-refractivity contribution in [2.45, 2.75) is 33.6 Å². The third kappa shape index (κ3) is 3.03. The first-order valence-electron chi connectivity index (χ1n) is 7.15. The Balaban J connectivity index is 2.13. The van der Waals surface area contributed by atoms with Gasteiger partial charge in [-0.25, -0.2) is 9.78 Å². The van der Waals surface area contributed by atoms with Crippen LogP contribution in [0.4, 0.5) is 11.5 Å². The normalized spacial score (nSPS) is 16.0. The number of carbonyl (C=O) groups excluding carboxylic acids is 1. The third-order valence-corrected chi connectivity index (χ3v) is 4.13. The van der Waals surface area contributed by atoms with E-state index in [0.717, 1.165) is 6.54 Å². The standard InChI is InChI=1S/C15H23N3O2/c1-4-20-14(19)12-7-11(16)8-17-13(12)18-9-15(5-6-15)10(2)3/h7-8,10H,4-6,9,16H2,1-3H3,(H,17,18). The van der Waals surface area contributed by atoms with Gasteiger partial charge >= 0.3 is 5.97 Å². The third-order valence-electron chi connectivity index (χ3n) is 4.13. The molecular weight excluding hydrogens is 254 g/mol. The topological polar surface area (TPSA) is 77.2 Å². The number of hydrogen-bond acceptors (Lipinski definition) is 5. The Hall–Kier alpha value is -1.78. The maximum Gasteiger partial charge on any atom is 0.341 e. The summed E-state index contributed by atoms with van der Waals surface area (Å²) in [6, 6.07) is 1.61. The summed E-state index contributed by atoms with van der Waals surface area (Å²) in [6.45, 7) is 7.41. The van der Waals surface area contributed by atoms with Crippen molar-refractivity contribution in [3.05, 3.63) is 17.8 Å². The van der Waals surface area contributed by atoms with Gasteiger partial charge in [0.1, 0.15) is 11.4 Å². The lowest BCUT2D eigenvalue weighted by Crippen LogP contribution is -2.22. The highest BCUT2D eigenvalue weighted by Gasteiger charge is 2.45. The summed E-state index contributed by atoms with van der Waals surface area (Å²) in [4.78, 5) is 16.2. The summed E-state index contributed by atoms with van der Waals surface area (Å²) in [6.07, 6.45) is 4.00. The van der Waals surface area contributed by atoms with Gasteiger partial charge in [0.25, 0.3) is 0 Å². The largest absolute Gasteiger partial charge is 0.462 e. The first-order valence-corrected chi connectivity index (χ1v) is 7.15. The highest BCUT2D eigenvalue weighted by atomic mass is 16.5. The molecule has 0 radical (unpaired) electrons. The Morgan fingerprint density at radius 2 is 2.25 bits per heavy atom. The molecule has 2 rings (SSSR count). The van der Waals surface area contributed by atoms with Crippen molar-refractivity contribution in [1.82, 2.24) is 4.98 Å². The molecular formula is C15H23N3O2. The van der Waals surface area contributed by atoms with Gasteiger partial charge in [-0.15, -0.1) is 0 Å². The predicted molar refractivity (Wildman–Crippen MR) is 79.6 cm³/mol. The second-order valence-corrected chi connectivity index (χ2v) is 5.76. The molecule has 5 nitrogen and oxygen atoms in total. The van der Waals surface area contributed by atoms with Crippen LogP contribution >= 0.6 is 0 Å². The van der Waals surface area contributed by atoms with Crippen LogP contribution in [-0.2, 0) is 4.74 Å². The zero-order valence-electron chi connectivity index (χ0n) is 12.4. The van der Waals surface area contributed by atoms with Crippen molar-refractivity contribution in [1.29, 1.82) is 0 Å². The average Bonchev–Trinajstić information content (AvgIpc) is 3.18. The number of pyridine rings is 1. The van der Waals surface area contributed by atoms with Crippen LogP contribution < -0.4 is 11.1 Å². The summed E-state index contributed by atoms with van der Waals surface area (Å²) in [5.41, 5.74) is 6.92. The quantitative estimate of drug-likeness (QED) is 0.782. The molecule has 0 bridgehead atoms. The van der Waals surface area contributed by atoms with Crippen LogP contribution in [0.15, 0.2) is 12.3 Å². The SMILES string of the molecule is CCOC(=O)c1cc(N)cnc1NCC1(C(C)C)CC1. The number of nitrogen functional groups attached to an aromatic ring is 1. The molecule has 1 fully saturated rings. The Morgan fingerprint density at radius 1 is 1.55 bits per heavy atom. The molecule has 110 valence electrons. The molecule has 1 aromatic rings. The lowest BCUT2D eigenvalue weighted by Gasteiger charge is -2.21. The van der Waals surface area contributed by atoms with Crippen LogP contribution in [0.1, 0.15) is 44.0 Å². The van der Waals surface area contributed by atoms with Crippen molar-refractivity contribution < 1.29 is 9.53 Å². The van der Waals surface area contributed by atoms with Crippen molar-refractivity contribution in [2.24, 2.45) is 11.3 Å². The first-order chi connectivity index (χ1) is 9.48. The fourth-order valence-electron chi connectivity index (χ4n) is 2.36. The summed E-state index contributed by atoms with van der Waals surface area (Å²) in [5.74, 6) is 0.795. The second-order valence-electron chi connectivity index (χ2n) is 5.76. The van der Waals surface area contributed by atoms with Gasteiger partial charge < -0.3 is 15.8 Å². The molecule has 0 atom stereocenters. The zero-order valence-corrected chi connectivity index (χ0v) is 12.4. The maximum absolute atomic E-state index is 11.9. The average molecular weight is 277 g/mol. The molecule has 0 unspecified atom stereocenters. The number of rotatable bonds is 6. The van der Waals surface area contributed by atoms with E-state index >= 15 is 0 Å². The second kappa shape index (κ2) is 5.69. The maximum atomic E-state index is 11.9. The molecule has 0 spiro atoms. The van der Waals surface area contributed by atoms with E-state index in [0.29, 0.717) is 35.0 Å². The van der Waals surface area contributed by atoms with Crippen molar-refractivity contribution >= 4 is 17.5 Å². The number of anilines is 2. The van der Waals surface area contributed by atoms with Crippen LogP contribution in [-0.4, -0.2) is 24.1 Å². The molecule has 1 saturated carbocycles. The first kappa shape index (κ1) is 14.6. The van der Waals surface area contributed by atoms with E-state index in [-0.39, 0.29) is 5.97 Å². The Labute approximate surface area is 119 Å². The monoisotopic (exact) mass is 277 g/mol. The van der Waals surface area contributed by atoms with Crippen molar-refractivity contribution in [3.63, 3.8) is 0 Å². The van der Waals surface area contributed by atoms with Gasteiger partial charge in [0, 0.05) is 6.54 Å². The summed E-state index contributed by atoms with van der Waals surface area (Å²) in [7, 11) is 0. The number of carbonyl (C=O) groups is 1. The number of ether oxygens (including phenoxy) is 1. The van der Waals surface area contributed by atoms with E-state index in [2.05, 4.69) is 24.1 Å². The number of nitrogens with two attached hydrogens (primary N) is 1. The van der Waals surface area contributed by atoms with Gasteiger partial charge in [0.15, 0.2) is 0 Å². The van der Waals surface area contributed by atoms with E-state index in [1.54, 1.807) is 19.2 Å². The number of nitrogens with zero attached hydrogens (tertiary/aromatic N) is 1. The van der Waals surface area contributed by atoms with E-state index < -0.39 is 0 Å². The van der Waals surface area contributed by atoms with Crippen LogP contribution in [0.3, 0.4) is 0 Å². The summed E-state index contributed by atoms with van der Waals surface area (Å²) >= 11 is 0. The smallest absolute Gasteiger partial charge is 0.341 e. The summed E-state index contributed by atoms with van der Waals surface area (Å²) < 4.78 is 5.04. The van der Waals surface area contributed by atoms with Gasteiger partial charge in [0.2, 0.25) is 0 Å². The highest BCUT2D eigenvalue weighted by molar-refractivity contribution is 5.95. The number of aromatic nitrogens is 1. The zero-order chi connectivity index (χ0) is 14.8. The van der Waals surface area contributed by atoms with Gasteiger partial charge in [-0.2, -0.15) is 0 Å². The van der Waals surface area contributed by atoms with E-state index in [4.69, 9.17) is 10.5 Å². The van der Waals surface area contributed by atoms with E-state index in [9.17, 15) is 4.79 Å². The van der Waals surface area contributed by atoms with Crippen LogP contribution in [0, 0.1) is 11.3 Å². The minimum atomic E-state index is -0.385. The lowest BCUT2D eigenvalue weighted by atomic mass is 9.92. The Morgan fingerprint density at radius 3 is 2.80 bits per heavy atom. The molecule has 1 aromatic heterocycles. The fourth-order valence-corrected chi connectivity index (χ4v) is 2.36. The number of nitrogens with one attached hydrogen (secondary N) is 1. The van der Waals surface area contributed by atoms with E-state index in [1.165, 1.54) is 12.8 Å². The van der Waals surface area contributed by atoms with Crippen LogP contribution in [0.2, 0.25) is 0 Å². The van der Waals surface area contributed by atoms with Gasteiger partial charge in [0.05, 0.1) is 18.5 Å².